The molecule has 0 fully saturated rings. The van der Waals surface area contributed by atoms with E-state index in [1.807, 2.05) is 0 Å². The molecule has 0 aliphatic heterocycles. The highest BCUT2D eigenvalue weighted by Gasteiger charge is 2.06. The van der Waals surface area contributed by atoms with Gasteiger partial charge in [0.25, 0.3) is 0 Å². The lowest BCUT2D eigenvalue weighted by Gasteiger charge is -2.02. The Kier molecular flexibility index (Phi) is 2.18. The standard InChI is InChI=1S/C10H6F2O2/c11-7-1-2-10(9(12)5-7)14-8-3-4-13-6-8/h1-6H. The summed E-state index contributed by atoms with van der Waals surface area (Å²) in [7, 11) is 0. The third-order valence-electron chi connectivity index (χ3n) is 1.62. The fourth-order valence-corrected chi connectivity index (χ4v) is 0.995. The van der Waals surface area contributed by atoms with Crippen LogP contribution in [-0.2, 0) is 0 Å². The van der Waals surface area contributed by atoms with E-state index < -0.39 is 11.6 Å². The molecular weight excluding hydrogens is 190 g/mol. The zero-order valence-corrected chi connectivity index (χ0v) is 7.04. The first-order valence-corrected chi connectivity index (χ1v) is 3.91. The molecule has 0 atom stereocenters. The van der Waals surface area contributed by atoms with Crippen molar-refractivity contribution in [3.8, 4) is 11.5 Å². The van der Waals surface area contributed by atoms with E-state index in [1.165, 1.54) is 24.7 Å². The van der Waals surface area contributed by atoms with Crippen molar-refractivity contribution in [1.29, 1.82) is 0 Å². The van der Waals surface area contributed by atoms with Crippen LogP contribution in [0.25, 0.3) is 0 Å². The molecule has 0 aliphatic carbocycles. The molecule has 1 heterocycles. The van der Waals surface area contributed by atoms with Gasteiger partial charge in [-0.1, -0.05) is 0 Å². The monoisotopic (exact) mass is 196 g/mol. The van der Waals surface area contributed by atoms with Gasteiger partial charge in [0, 0.05) is 12.1 Å². The number of ether oxygens (including phenoxy) is 1. The van der Waals surface area contributed by atoms with Gasteiger partial charge in [-0.2, -0.15) is 0 Å². The van der Waals surface area contributed by atoms with Gasteiger partial charge in [0.1, 0.15) is 12.1 Å². The molecule has 0 aliphatic rings. The second kappa shape index (κ2) is 3.49. The Morgan fingerprint density at radius 1 is 1.14 bits per heavy atom. The summed E-state index contributed by atoms with van der Waals surface area (Å²) in [5.41, 5.74) is 0. The minimum atomic E-state index is -0.744. The summed E-state index contributed by atoms with van der Waals surface area (Å²) in [4.78, 5) is 0. The molecule has 1 aromatic heterocycles. The molecule has 1 aromatic carbocycles. The van der Waals surface area contributed by atoms with Crippen LogP contribution in [0.15, 0.2) is 41.2 Å². The van der Waals surface area contributed by atoms with Crippen molar-refractivity contribution in [1.82, 2.24) is 0 Å². The van der Waals surface area contributed by atoms with E-state index in [1.54, 1.807) is 0 Å². The van der Waals surface area contributed by atoms with E-state index in [9.17, 15) is 8.78 Å². The second-order valence-corrected chi connectivity index (χ2v) is 2.64. The lowest BCUT2D eigenvalue weighted by molar-refractivity contribution is 0.429. The van der Waals surface area contributed by atoms with E-state index in [0.29, 0.717) is 5.75 Å². The van der Waals surface area contributed by atoms with E-state index >= 15 is 0 Å². The maximum atomic E-state index is 13.0. The maximum absolute atomic E-state index is 13.0. The highest BCUT2D eigenvalue weighted by molar-refractivity contribution is 5.30. The summed E-state index contributed by atoms with van der Waals surface area (Å²) < 4.78 is 35.4. The Hall–Kier alpha value is -1.84. The third kappa shape index (κ3) is 1.74. The number of halogens is 2. The van der Waals surface area contributed by atoms with Gasteiger partial charge in [-0.05, 0) is 12.1 Å². The molecule has 0 spiro atoms. The van der Waals surface area contributed by atoms with Crippen molar-refractivity contribution in [2.75, 3.05) is 0 Å². The van der Waals surface area contributed by atoms with Crippen LogP contribution in [-0.4, -0.2) is 0 Å². The molecule has 14 heavy (non-hydrogen) atoms. The lowest BCUT2D eigenvalue weighted by Crippen LogP contribution is -1.87. The van der Waals surface area contributed by atoms with Crippen molar-refractivity contribution >= 4 is 0 Å². The average molecular weight is 196 g/mol. The molecule has 2 rings (SSSR count). The van der Waals surface area contributed by atoms with Crippen molar-refractivity contribution in [3.05, 3.63) is 48.4 Å². The predicted molar refractivity (Wildman–Crippen MR) is 45.1 cm³/mol. The summed E-state index contributed by atoms with van der Waals surface area (Å²) in [5, 5.41) is 0. The number of hydrogen-bond donors (Lipinski definition) is 0. The molecule has 0 N–H and O–H groups in total. The van der Waals surface area contributed by atoms with Gasteiger partial charge in [0.2, 0.25) is 0 Å². The number of furan rings is 1. The van der Waals surface area contributed by atoms with E-state index in [4.69, 9.17) is 9.15 Å². The fraction of sp³-hybridized carbons (Fsp3) is 0. The van der Waals surface area contributed by atoms with E-state index in [-0.39, 0.29) is 5.75 Å². The summed E-state index contributed by atoms with van der Waals surface area (Å²) in [6.45, 7) is 0. The first-order valence-electron chi connectivity index (χ1n) is 3.91. The van der Waals surface area contributed by atoms with Crippen LogP contribution in [0.1, 0.15) is 0 Å². The van der Waals surface area contributed by atoms with Gasteiger partial charge in [0.15, 0.2) is 17.3 Å². The van der Waals surface area contributed by atoms with E-state index in [2.05, 4.69) is 0 Å². The molecule has 0 radical (unpaired) electrons. The molecule has 4 heteroatoms. The van der Waals surface area contributed by atoms with Crippen molar-refractivity contribution in [2.45, 2.75) is 0 Å². The number of benzene rings is 1. The quantitative estimate of drug-likeness (QED) is 0.734. The Morgan fingerprint density at radius 2 is 2.00 bits per heavy atom. The molecule has 0 bridgehead atoms. The van der Waals surface area contributed by atoms with Gasteiger partial charge < -0.3 is 9.15 Å². The van der Waals surface area contributed by atoms with Gasteiger partial charge in [0.05, 0.1) is 6.26 Å². The summed E-state index contributed by atoms with van der Waals surface area (Å²) >= 11 is 0. The zero-order valence-electron chi connectivity index (χ0n) is 7.04. The maximum Gasteiger partial charge on any atom is 0.168 e. The van der Waals surface area contributed by atoms with E-state index in [0.717, 1.165) is 12.1 Å². The largest absolute Gasteiger partial charge is 0.469 e. The second-order valence-electron chi connectivity index (χ2n) is 2.64. The zero-order chi connectivity index (χ0) is 9.97. The number of rotatable bonds is 2. The molecule has 2 aromatic rings. The van der Waals surface area contributed by atoms with Crippen LogP contribution in [0.5, 0.6) is 11.5 Å². The Morgan fingerprint density at radius 3 is 2.64 bits per heavy atom. The summed E-state index contributed by atoms with van der Waals surface area (Å²) in [6, 6.07) is 4.63. The highest BCUT2D eigenvalue weighted by Crippen LogP contribution is 2.24. The normalized spacial score (nSPS) is 10.1. The van der Waals surface area contributed by atoms with Gasteiger partial charge >= 0.3 is 0 Å². The molecule has 0 saturated heterocycles. The molecule has 0 unspecified atom stereocenters. The fourth-order valence-electron chi connectivity index (χ4n) is 0.995. The lowest BCUT2D eigenvalue weighted by atomic mass is 10.3. The van der Waals surface area contributed by atoms with Gasteiger partial charge in [-0.15, -0.1) is 0 Å². The SMILES string of the molecule is Fc1ccc(Oc2ccoc2)c(F)c1. The third-order valence-corrected chi connectivity index (χ3v) is 1.62. The summed E-state index contributed by atoms with van der Waals surface area (Å²) in [5.74, 6) is -1.04. The van der Waals surface area contributed by atoms with Gasteiger partial charge in [-0.3, -0.25) is 0 Å². The first-order chi connectivity index (χ1) is 6.75. The molecule has 2 nitrogen and oxygen atoms in total. The first kappa shape index (κ1) is 8.74. The highest BCUT2D eigenvalue weighted by atomic mass is 19.1. The van der Waals surface area contributed by atoms with Crippen molar-refractivity contribution in [3.63, 3.8) is 0 Å². The minimum Gasteiger partial charge on any atom is -0.469 e. The van der Waals surface area contributed by atoms with Crippen LogP contribution >= 0.6 is 0 Å². The van der Waals surface area contributed by atoms with Crippen LogP contribution in [0, 0.1) is 11.6 Å². The van der Waals surface area contributed by atoms with Crippen LogP contribution in [0.3, 0.4) is 0 Å². The average Bonchev–Trinajstić information content (AvgIpc) is 2.62. The van der Waals surface area contributed by atoms with Gasteiger partial charge in [-0.25, -0.2) is 8.78 Å². The molecule has 0 saturated carbocycles. The molecular formula is C10H6F2O2. The van der Waals surface area contributed by atoms with Crippen LogP contribution in [0.4, 0.5) is 8.78 Å². The van der Waals surface area contributed by atoms with Crippen LogP contribution in [0.2, 0.25) is 0 Å². The molecule has 0 amide bonds. The topological polar surface area (TPSA) is 22.4 Å². The Labute approximate surface area is 78.7 Å². The Balaban J connectivity index is 2.25. The number of hydrogen-bond acceptors (Lipinski definition) is 2. The van der Waals surface area contributed by atoms with Crippen LogP contribution < -0.4 is 4.74 Å². The summed E-state index contributed by atoms with van der Waals surface area (Å²) in [6.07, 6.45) is 2.72. The smallest absolute Gasteiger partial charge is 0.168 e. The molecule has 72 valence electrons. The Bertz CT molecular complexity index is 424. The van der Waals surface area contributed by atoms with Crippen molar-refractivity contribution < 1.29 is 17.9 Å². The minimum absolute atomic E-state index is 0.0344. The van der Waals surface area contributed by atoms with Crippen molar-refractivity contribution in [2.24, 2.45) is 0 Å². The predicted octanol–water partition coefficient (Wildman–Crippen LogP) is 3.35.